The molecule has 0 bridgehead atoms. The first-order valence-corrected chi connectivity index (χ1v) is 9.78. The second-order valence-corrected chi connectivity index (χ2v) is 7.14. The van der Waals surface area contributed by atoms with Crippen molar-refractivity contribution < 1.29 is 0 Å². The van der Waals surface area contributed by atoms with Gasteiger partial charge in [0.15, 0.2) is 0 Å². The lowest BCUT2D eigenvalue weighted by molar-refractivity contribution is 0.840. The minimum atomic E-state index is -0.133. The number of hydrogen-bond donors (Lipinski definition) is 2. The second-order valence-electron chi connectivity index (χ2n) is 6.18. The van der Waals surface area contributed by atoms with Gasteiger partial charge in [-0.25, -0.2) is 9.97 Å². The van der Waals surface area contributed by atoms with E-state index >= 15 is 0 Å². The molecule has 8 heteroatoms. The number of para-hydroxylation sites is 1. The van der Waals surface area contributed by atoms with Crippen molar-refractivity contribution in [3.63, 3.8) is 0 Å². The molecule has 0 amide bonds. The fourth-order valence-corrected chi connectivity index (χ4v) is 3.69. The number of hydrogen-bond acceptors (Lipinski definition) is 7. The number of fused-ring (bicyclic) bond motifs is 2. The number of pyridine rings is 1. The SMILES string of the molecule is CCCc1cc(=O)n2nc(NCCNc3ccc4ccccc4n3)sc2n1. The van der Waals surface area contributed by atoms with Crippen molar-refractivity contribution in [1.82, 2.24) is 19.6 Å². The molecule has 138 valence electrons. The minimum Gasteiger partial charge on any atom is -0.368 e. The highest BCUT2D eigenvalue weighted by atomic mass is 32.1. The van der Waals surface area contributed by atoms with Crippen molar-refractivity contribution in [3.8, 4) is 0 Å². The average molecular weight is 380 g/mol. The summed E-state index contributed by atoms with van der Waals surface area (Å²) in [7, 11) is 0. The number of benzene rings is 1. The van der Waals surface area contributed by atoms with Crippen LogP contribution >= 0.6 is 11.3 Å². The van der Waals surface area contributed by atoms with Gasteiger partial charge < -0.3 is 10.6 Å². The van der Waals surface area contributed by atoms with Crippen molar-refractivity contribution in [2.24, 2.45) is 0 Å². The molecule has 0 aliphatic carbocycles. The highest BCUT2D eigenvalue weighted by molar-refractivity contribution is 7.20. The van der Waals surface area contributed by atoms with Gasteiger partial charge in [-0.3, -0.25) is 4.79 Å². The van der Waals surface area contributed by atoms with Gasteiger partial charge in [-0.1, -0.05) is 42.9 Å². The summed E-state index contributed by atoms with van der Waals surface area (Å²) in [6, 6.07) is 13.6. The van der Waals surface area contributed by atoms with E-state index in [1.165, 1.54) is 15.9 Å². The van der Waals surface area contributed by atoms with Crippen molar-refractivity contribution in [2.75, 3.05) is 23.7 Å². The maximum absolute atomic E-state index is 12.1. The van der Waals surface area contributed by atoms with Crippen molar-refractivity contribution in [3.05, 3.63) is 58.5 Å². The van der Waals surface area contributed by atoms with Crippen LogP contribution in [-0.2, 0) is 6.42 Å². The van der Waals surface area contributed by atoms with Crippen LogP contribution in [0, 0.1) is 0 Å². The van der Waals surface area contributed by atoms with E-state index in [0.717, 1.165) is 35.3 Å². The Hall–Kier alpha value is -3.00. The lowest BCUT2D eigenvalue weighted by Crippen LogP contribution is -2.17. The molecular formula is C19H20N6OS. The molecule has 4 aromatic rings. The van der Waals surface area contributed by atoms with Gasteiger partial charge in [-0.15, -0.1) is 5.10 Å². The summed E-state index contributed by atoms with van der Waals surface area (Å²) in [4.78, 5) is 21.8. The predicted molar refractivity (Wildman–Crippen MR) is 110 cm³/mol. The third kappa shape index (κ3) is 3.90. The highest BCUT2D eigenvalue weighted by Crippen LogP contribution is 2.17. The van der Waals surface area contributed by atoms with Gasteiger partial charge in [0.05, 0.1) is 5.52 Å². The van der Waals surface area contributed by atoms with Crippen molar-refractivity contribution >= 4 is 38.2 Å². The van der Waals surface area contributed by atoms with Gasteiger partial charge in [0.1, 0.15) is 5.82 Å². The predicted octanol–water partition coefficient (Wildman–Crippen LogP) is 3.18. The Balaban J connectivity index is 1.38. The first-order valence-electron chi connectivity index (χ1n) is 8.96. The third-order valence-corrected chi connectivity index (χ3v) is 4.98. The quantitative estimate of drug-likeness (QED) is 0.479. The van der Waals surface area contributed by atoms with E-state index in [9.17, 15) is 4.79 Å². The summed E-state index contributed by atoms with van der Waals surface area (Å²) in [5.41, 5.74) is 1.66. The van der Waals surface area contributed by atoms with E-state index in [1.807, 2.05) is 30.3 Å². The molecule has 0 atom stereocenters. The van der Waals surface area contributed by atoms with E-state index in [-0.39, 0.29) is 5.56 Å². The summed E-state index contributed by atoms with van der Waals surface area (Å²) in [6.07, 6.45) is 1.76. The Morgan fingerprint density at radius 3 is 2.81 bits per heavy atom. The molecule has 7 nitrogen and oxygen atoms in total. The Bertz CT molecular complexity index is 1140. The number of nitrogens with one attached hydrogen (secondary N) is 2. The normalized spacial score (nSPS) is 11.1. The zero-order valence-electron chi connectivity index (χ0n) is 15.0. The van der Waals surface area contributed by atoms with E-state index in [1.54, 1.807) is 6.07 Å². The number of aromatic nitrogens is 4. The van der Waals surface area contributed by atoms with Crippen LogP contribution in [0.1, 0.15) is 19.0 Å². The molecule has 0 aliphatic rings. The van der Waals surface area contributed by atoms with Crippen LogP contribution in [0.25, 0.3) is 15.9 Å². The van der Waals surface area contributed by atoms with Crippen LogP contribution in [0.15, 0.2) is 47.3 Å². The highest BCUT2D eigenvalue weighted by Gasteiger charge is 2.08. The fraction of sp³-hybridized carbons (Fsp3) is 0.263. The van der Waals surface area contributed by atoms with E-state index < -0.39 is 0 Å². The van der Waals surface area contributed by atoms with Crippen LogP contribution in [0.4, 0.5) is 10.9 Å². The Morgan fingerprint density at radius 1 is 1.07 bits per heavy atom. The summed E-state index contributed by atoms with van der Waals surface area (Å²) in [6.45, 7) is 3.41. The van der Waals surface area contributed by atoms with Crippen LogP contribution in [0.2, 0.25) is 0 Å². The molecule has 4 rings (SSSR count). The molecule has 3 heterocycles. The van der Waals surface area contributed by atoms with Crippen molar-refractivity contribution in [2.45, 2.75) is 19.8 Å². The zero-order chi connectivity index (χ0) is 18.6. The van der Waals surface area contributed by atoms with E-state index in [0.29, 0.717) is 23.2 Å². The van der Waals surface area contributed by atoms with E-state index in [2.05, 4.69) is 38.7 Å². The number of anilines is 2. The molecule has 1 aromatic carbocycles. The third-order valence-electron chi connectivity index (χ3n) is 4.11. The Morgan fingerprint density at radius 2 is 1.93 bits per heavy atom. The van der Waals surface area contributed by atoms with Gasteiger partial charge >= 0.3 is 0 Å². The first-order chi connectivity index (χ1) is 13.2. The standard InChI is InChI=1S/C19H20N6OS/c1-2-5-14-12-17(26)25-19(22-14)27-18(24-25)21-11-10-20-16-9-8-13-6-3-4-7-15(13)23-16/h3-4,6-9,12H,2,5,10-11H2,1H3,(H,20,23)(H,21,24). The Kier molecular flexibility index (Phi) is 4.97. The smallest absolute Gasteiger partial charge is 0.275 e. The van der Waals surface area contributed by atoms with Gasteiger partial charge in [0.25, 0.3) is 5.56 Å². The number of nitrogens with zero attached hydrogens (tertiary/aromatic N) is 4. The molecule has 0 unspecified atom stereocenters. The summed E-state index contributed by atoms with van der Waals surface area (Å²) in [5, 5.41) is 12.6. The zero-order valence-corrected chi connectivity index (χ0v) is 15.8. The lowest BCUT2D eigenvalue weighted by Gasteiger charge is -2.07. The van der Waals surface area contributed by atoms with Crippen LogP contribution in [-0.4, -0.2) is 32.7 Å². The molecular weight excluding hydrogens is 360 g/mol. The van der Waals surface area contributed by atoms with Gasteiger partial charge in [0, 0.05) is 30.2 Å². The molecule has 3 aromatic heterocycles. The average Bonchev–Trinajstić information content (AvgIpc) is 3.09. The largest absolute Gasteiger partial charge is 0.368 e. The monoisotopic (exact) mass is 380 g/mol. The maximum Gasteiger partial charge on any atom is 0.275 e. The summed E-state index contributed by atoms with van der Waals surface area (Å²) >= 11 is 1.39. The van der Waals surface area contributed by atoms with Crippen LogP contribution in [0.5, 0.6) is 0 Å². The molecule has 0 radical (unpaired) electrons. The van der Waals surface area contributed by atoms with Crippen LogP contribution < -0.4 is 16.2 Å². The summed E-state index contributed by atoms with van der Waals surface area (Å²) in [5.74, 6) is 0.835. The molecule has 2 N–H and O–H groups in total. The van der Waals surface area contributed by atoms with Crippen LogP contribution in [0.3, 0.4) is 0 Å². The second kappa shape index (κ2) is 7.71. The molecule has 0 spiro atoms. The number of aryl methyl sites for hydroxylation is 1. The van der Waals surface area contributed by atoms with Gasteiger partial charge in [-0.2, -0.15) is 4.52 Å². The Labute approximate surface area is 160 Å². The molecule has 0 fully saturated rings. The van der Waals surface area contributed by atoms with Gasteiger partial charge in [0.2, 0.25) is 10.1 Å². The molecule has 27 heavy (non-hydrogen) atoms. The van der Waals surface area contributed by atoms with E-state index in [4.69, 9.17) is 0 Å². The van der Waals surface area contributed by atoms with Crippen molar-refractivity contribution in [1.29, 1.82) is 0 Å². The summed E-state index contributed by atoms with van der Waals surface area (Å²) < 4.78 is 1.35. The molecule has 0 saturated heterocycles. The van der Waals surface area contributed by atoms with Gasteiger partial charge in [-0.05, 0) is 24.6 Å². The topological polar surface area (TPSA) is 84.2 Å². The first kappa shape index (κ1) is 17.4. The molecule has 0 aliphatic heterocycles. The fourth-order valence-electron chi connectivity index (χ4n) is 2.84. The molecule has 0 saturated carbocycles. The lowest BCUT2D eigenvalue weighted by atomic mass is 10.2. The minimum absolute atomic E-state index is 0.133. The maximum atomic E-state index is 12.1. The number of rotatable bonds is 7.